The Hall–Kier alpha value is -2.73. The van der Waals surface area contributed by atoms with Crippen molar-refractivity contribution in [3.8, 4) is 11.5 Å². The van der Waals surface area contributed by atoms with Crippen LogP contribution in [0.2, 0.25) is 5.02 Å². The first-order valence-corrected chi connectivity index (χ1v) is 8.41. The molecule has 2 rings (SSSR count). The Kier molecular flexibility index (Phi) is 7.29. The molecule has 0 unspecified atom stereocenters. The number of rotatable bonds is 8. The van der Waals surface area contributed by atoms with Crippen LogP contribution >= 0.6 is 11.6 Å². The van der Waals surface area contributed by atoms with E-state index in [2.05, 4.69) is 5.32 Å². The zero-order chi connectivity index (χ0) is 18.9. The highest BCUT2D eigenvalue weighted by Gasteiger charge is 2.14. The van der Waals surface area contributed by atoms with E-state index < -0.39 is 11.9 Å². The summed E-state index contributed by atoms with van der Waals surface area (Å²) in [5.41, 5.74) is 1.05. The molecule has 2 aromatic rings. The highest BCUT2D eigenvalue weighted by Crippen LogP contribution is 2.28. The topological polar surface area (TPSA) is 73.9 Å². The lowest BCUT2D eigenvalue weighted by atomic mass is 10.2. The van der Waals surface area contributed by atoms with Gasteiger partial charge in [0.1, 0.15) is 0 Å². The maximum Gasteiger partial charge on any atom is 0.338 e. The summed E-state index contributed by atoms with van der Waals surface area (Å²) < 4.78 is 15.6. The standard InChI is InChI=1S/C19H20ClNO5/c1-3-25-17-10-13(8-9-16(17)24-2)19(23)26-12-18(22)21-11-14-6-4-5-7-15(14)20/h4-10H,3,11-12H2,1-2H3,(H,21,22). The molecule has 0 aliphatic heterocycles. The lowest BCUT2D eigenvalue weighted by Crippen LogP contribution is -2.28. The van der Waals surface area contributed by atoms with Crippen molar-refractivity contribution in [1.82, 2.24) is 5.32 Å². The van der Waals surface area contributed by atoms with E-state index in [-0.39, 0.29) is 18.7 Å². The molecule has 0 spiro atoms. The number of ether oxygens (including phenoxy) is 3. The number of benzene rings is 2. The van der Waals surface area contributed by atoms with Gasteiger partial charge in [-0.3, -0.25) is 4.79 Å². The fraction of sp³-hybridized carbons (Fsp3) is 0.263. The minimum atomic E-state index is -0.624. The van der Waals surface area contributed by atoms with Crippen LogP contribution in [0.3, 0.4) is 0 Å². The number of halogens is 1. The fourth-order valence-corrected chi connectivity index (χ4v) is 2.38. The van der Waals surface area contributed by atoms with Gasteiger partial charge < -0.3 is 19.5 Å². The number of nitrogens with one attached hydrogen (secondary N) is 1. The van der Waals surface area contributed by atoms with Crippen molar-refractivity contribution in [1.29, 1.82) is 0 Å². The first kappa shape index (κ1) is 19.6. The molecule has 0 radical (unpaired) electrons. The van der Waals surface area contributed by atoms with E-state index in [0.29, 0.717) is 23.1 Å². The monoisotopic (exact) mass is 377 g/mol. The molecule has 2 aromatic carbocycles. The molecule has 7 heteroatoms. The van der Waals surface area contributed by atoms with Crippen molar-refractivity contribution >= 4 is 23.5 Å². The molecule has 6 nitrogen and oxygen atoms in total. The fourth-order valence-electron chi connectivity index (χ4n) is 2.17. The van der Waals surface area contributed by atoms with E-state index in [9.17, 15) is 9.59 Å². The summed E-state index contributed by atoms with van der Waals surface area (Å²) in [4.78, 5) is 24.0. The Morgan fingerprint density at radius 3 is 2.58 bits per heavy atom. The van der Waals surface area contributed by atoms with Crippen molar-refractivity contribution < 1.29 is 23.8 Å². The third-order valence-corrected chi connectivity index (χ3v) is 3.84. The second kappa shape index (κ2) is 9.68. The van der Waals surface area contributed by atoms with Gasteiger partial charge in [-0.1, -0.05) is 29.8 Å². The molecule has 1 amide bonds. The van der Waals surface area contributed by atoms with E-state index in [1.165, 1.54) is 13.2 Å². The molecule has 26 heavy (non-hydrogen) atoms. The van der Waals surface area contributed by atoms with Crippen molar-refractivity contribution in [3.05, 3.63) is 58.6 Å². The van der Waals surface area contributed by atoms with Crippen LogP contribution in [0.15, 0.2) is 42.5 Å². The molecular formula is C19H20ClNO5. The van der Waals surface area contributed by atoms with Crippen LogP contribution in [0, 0.1) is 0 Å². The summed E-state index contributed by atoms with van der Waals surface area (Å²) >= 11 is 6.02. The Bertz CT molecular complexity index is 778. The molecule has 0 bridgehead atoms. The average Bonchev–Trinajstić information content (AvgIpc) is 2.65. The zero-order valence-corrected chi connectivity index (χ0v) is 15.3. The van der Waals surface area contributed by atoms with Crippen molar-refractivity contribution in [3.63, 3.8) is 0 Å². The van der Waals surface area contributed by atoms with Crippen LogP contribution in [-0.4, -0.2) is 32.2 Å². The minimum Gasteiger partial charge on any atom is -0.493 e. The quantitative estimate of drug-likeness (QED) is 0.715. The molecule has 0 saturated heterocycles. The summed E-state index contributed by atoms with van der Waals surface area (Å²) in [7, 11) is 1.51. The maximum absolute atomic E-state index is 12.1. The molecule has 0 fully saturated rings. The predicted octanol–water partition coefficient (Wildman–Crippen LogP) is 3.22. The molecule has 0 atom stereocenters. The SMILES string of the molecule is CCOc1cc(C(=O)OCC(=O)NCc2ccccc2Cl)ccc1OC. The number of hydrogen-bond acceptors (Lipinski definition) is 5. The minimum absolute atomic E-state index is 0.257. The molecule has 0 saturated carbocycles. The van der Waals surface area contributed by atoms with Gasteiger partial charge in [0, 0.05) is 11.6 Å². The van der Waals surface area contributed by atoms with E-state index in [1.54, 1.807) is 30.3 Å². The van der Waals surface area contributed by atoms with Gasteiger partial charge in [0.25, 0.3) is 5.91 Å². The third kappa shape index (κ3) is 5.39. The number of esters is 1. The molecule has 0 heterocycles. The van der Waals surface area contributed by atoms with Gasteiger partial charge >= 0.3 is 5.97 Å². The molecule has 0 aliphatic carbocycles. The Morgan fingerprint density at radius 2 is 1.88 bits per heavy atom. The second-order valence-corrected chi connectivity index (χ2v) is 5.65. The van der Waals surface area contributed by atoms with E-state index in [0.717, 1.165) is 5.56 Å². The Balaban J connectivity index is 1.88. The van der Waals surface area contributed by atoms with Gasteiger partial charge in [-0.2, -0.15) is 0 Å². The van der Waals surface area contributed by atoms with Gasteiger partial charge in [0.2, 0.25) is 0 Å². The van der Waals surface area contributed by atoms with Gasteiger partial charge in [-0.15, -0.1) is 0 Å². The van der Waals surface area contributed by atoms with E-state index >= 15 is 0 Å². The highest BCUT2D eigenvalue weighted by molar-refractivity contribution is 6.31. The molecule has 138 valence electrons. The summed E-state index contributed by atoms with van der Waals surface area (Å²) in [6, 6.07) is 11.9. The Morgan fingerprint density at radius 1 is 1.12 bits per heavy atom. The number of amides is 1. The Labute approximate surface area is 157 Å². The van der Waals surface area contributed by atoms with Crippen LogP contribution < -0.4 is 14.8 Å². The summed E-state index contributed by atoms with van der Waals surface area (Å²) in [5.74, 6) is -0.0909. The number of methoxy groups -OCH3 is 1. The van der Waals surface area contributed by atoms with E-state index in [1.807, 2.05) is 13.0 Å². The van der Waals surface area contributed by atoms with Crippen LogP contribution in [0.25, 0.3) is 0 Å². The number of carbonyl (C=O) groups is 2. The van der Waals surface area contributed by atoms with Gasteiger partial charge in [0.15, 0.2) is 18.1 Å². The van der Waals surface area contributed by atoms with Crippen LogP contribution in [0.5, 0.6) is 11.5 Å². The highest BCUT2D eigenvalue weighted by atomic mass is 35.5. The van der Waals surface area contributed by atoms with E-state index in [4.69, 9.17) is 25.8 Å². The lowest BCUT2D eigenvalue weighted by molar-refractivity contribution is -0.124. The zero-order valence-electron chi connectivity index (χ0n) is 14.6. The number of carbonyl (C=O) groups excluding carboxylic acids is 2. The molecule has 0 aromatic heterocycles. The van der Waals surface area contributed by atoms with Gasteiger partial charge in [0.05, 0.1) is 19.3 Å². The molecular weight excluding hydrogens is 358 g/mol. The average molecular weight is 378 g/mol. The van der Waals surface area contributed by atoms with Crippen molar-refractivity contribution in [2.24, 2.45) is 0 Å². The molecule has 1 N–H and O–H groups in total. The molecule has 0 aliphatic rings. The second-order valence-electron chi connectivity index (χ2n) is 5.24. The summed E-state index contributed by atoms with van der Waals surface area (Å²) in [6.07, 6.45) is 0. The van der Waals surface area contributed by atoms with Crippen molar-refractivity contribution in [2.75, 3.05) is 20.3 Å². The summed E-state index contributed by atoms with van der Waals surface area (Å²) in [5, 5.41) is 3.21. The van der Waals surface area contributed by atoms with Gasteiger partial charge in [-0.05, 0) is 36.8 Å². The predicted molar refractivity (Wildman–Crippen MR) is 97.7 cm³/mol. The van der Waals surface area contributed by atoms with Crippen LogP contribution in [0.4, 0.5) is 0 Å². The maximum atomic E-state index is 12.1. The van der Waals surface area contributed by atoms with Crippen LogP contribution in [0.1, 0.15) is 22.8 Å². The largest absolute Gasteiger partial charge is 0.493 e. The first-order chi connectivity index (χ1) is 12.5. The first-order valence-electron chi connectivity index (χ1n) is 8.03. The number of hydrogen-bond donors (Lipinski definition) is 1. The van der Waals surface area contributed by atoms with Gasteiger partial charge in [-0.25, -0.2) is 4.79 Å². The lowest BCUT2D eigenvalue weighted by Gasteiger charge is -2.11. The summed E-state index contributed by atoms with van der Waals surface area (Å²) in [6.45, 7) is 2.12. The van der Waals surface area contributed by atoms with Crippen LogP contribution in [-0.2, 0) is 16.1 Å². The van der Waals surface area contributed by atoms with Crippen molar-refractivity contribution in [2.45, 2.75) is 13.5 Å². The normalized spacial score (nSPS) is 10.1. The third-order valence-electron chi connectivity index (χ3n) is 3.47. The smallest absolute Gasteiger partial charge is 0.338 e.